The molecule has 0 unspecified atom stereocenters. The molecule has 0 spiro atoms. The topological polar surface area (TPSA) is 66.5 Å². The largest absolute Gasteiger partial charge is 0.289 e. The molecule has 5 nitrogen and oxygen atoms in total. The Morgan fingerprint density at radius 1 is 0.727 bits per heavy atom. The summed E-state index contributed by atoms with van der Waals surface area (Å²) in [6, 6.07) is 11.2. The van der Waals surface area contributed by atoms with Gasteiger partial charge in [0.05, 0.1) is 24.5 Å². The van der Waals surface area contributed by atoms with Gasteiger partial charge in [-0.15, -0.1) is 0 Å². The van der Waals surface area contributed by atoms with Crippen molar-refractivity contribution in [2.75, 3.05) is 13.1 Å². The van der Waals surface area contributed by atoms with Crippen LogP contribution in [0.25, 0.3) is 11.1 Å². The Morgan fingerprint density at radius 3 is 1.59 bits per heavy atom. The SMILES string of the molecule is CCN=Nc1ccc2c(c1)C(=O)c1cc(N=NCC)ccc1-2. The Hall–Kier alpha value is -2.69. The van der Waals surface area contributed by atoms with E-state index in [2.05, 4.69) is 20.5 Å². The van der Waals surface area contributed by atoms with E-state index in [0.29, 0.717) is 35.6 Å². The van der Waals surface area contributed by atoms with Gasteiger partial charge in [-0.1, -0.05) is 12.1 Å². The molecule has 0 bridgehead atoms. The van der Waals surface area contributed by atoms with Gasteiger partial charge in [-0.05, 0) is 49.2 Å². The van der Waals surface area contributed by atoms with Crippen LogP contribution >= 0.6 is 0 Å². The zero-order valence-corrected chi connectivity index (χ0v) is 12.6. The molecule has 2 aromatic rings. The van der Waals surface area contributed by atoms with Gasteiger partial charge in [0.15, 0.2) is 5.78 Å². The van der Waals surface area contributed by atoms with Crippen molar-refractivity contribution in [3.8, 4) is 11.1 Å². The highest BCUT2D eigenvalue weighted by Gasteiger charge is 2.27. The summed E-state index contributed by atoms with van der Waals surface area (Å²) in [5, 5.41) is 16.1. The van der Waals surface area contributed by atoms with Gasteiger partial charge in [0, 0.05) is 11.1 Å². The standard InChI is InChI=1S/C17H16N4O/c1-3-18-20-11-5-7-13-14-8-6-12(21-19-4-2)10-16(14)17(22)15(13)9-11/h5-10H,3-4H2,1-2H3. The van der Waals surface area contributed by atoms with Crippen molar-refractivity contribution in [2.45, 2.75) is 13.8 Å². The summed E-state index contributed by atoms with van der Waals surface area (Å²) in [7, 11) is 0. The van der Waals surface area contributed by atoms with E-state index in [4.69, 9.17) is 0 Å². The van der Waals surface area contributed by atoms with Gasteiger partial charge in [-0.3, -0.25) is 4.79 Å². The van der Waals surface area contributed by atoms with E-state index in [-0.39, 0.29) is 5.78 Å². The molecule has 0 heterocycles. The van der Waals surface area contributed by atoms with Crippen molar-refractivity contribution in [1.29, 1.82) is 0 Å². The highest BCUT2D eigenvalue weighted by atomic mass is 16.1. The van der Waals surface area contributed by atoms with Crippen molar-refractivity contribution in [2.24, 2.45) is 20.5 Å². The molecular weight excluding hydrogens is 276 g/mol. The zero-order valence-electron chi connectivity index (χ0n) is 12.6. The lowest BCUT2D eigenvalue weighted by molar-refractivity contribution is 0.104. The Bertz CT molecular complexity index is 728. The van der Waals surface area contributed by atoms with Gasteiger partial charge in [0.25, 0.3) is 0 Å². The molecule has 0 N–H and O–H groups in total. The Kier molecular flexibility index (Phi) is 3.87. The van der Waals surface area contributed by atoms with E-state index in [1.807, 2.05) is 38.1 Å². The molecule has 1 aliphatic carbocycles. The van der Waals surface area contributed by atoms with Gasteiger partial charge >= 0.3 is 0 Å². The zero-order chi connectivity index (χ0) is 15.5. The third-order valence-electron chi connectivity index (χ3n) is 3.44. The molecule has 0 fully saturated rings. The normalized spacial score (nSPS) is 13.1. The number of nitrogens with zero attached hydrogens (tertiary/aromatic N) is 4. The molecule has 3 rings (SSSR count). The van der Waals surface area contributed by atoms with Crippen LogP contribution < -0.4 is 0 Å². The molecule has 0 saturated heterocycles. The lowest BCUT2D eigenvalue weighted by Gasteiger charge is -2.00. The van der Waals surface area contributed by atoms with Crippen LogP contribution in [0.2, 0.25) is 0 Å². The summed E-state index contributed by atoms with van der Waals surface area (Å²) in [4.78, 5) is 12.6. The minimum absolute atomic E-state index is 0.00657. The number of rotatable bonds is 4. The second kappa shape index (κ2) is 5.97. The maximum Gasteiger partial charge on any atom is 0.194 e. The first-order chi connectivity index (χ1) is 10.7. The smallest absolute Gasteiger partial charge is 0.194 e. The molecule has 22 heavy (non-hydrogen) atoms. The average Bonchev–Trinajstić information content (AvgIpc) is 2.83. The number of carbonyl (C=O) groups excluding carboxylic acids is 1. The van der Waals surface area contributed by atoms with Gasteiger partial charge < -0.3 is 0 Å². The summed E-state index contributed by atoms with van der Waals surface area (Å²) < 4.78 is 0. The van der Waals surface area contributed by atoms with E-state index < -0.39 is 0 Å². The van der Waals surface area contributed by atoms with E-state index in [9.17, 15) is 4.79 Å². The van der Waals surface area contributed by atoms with Crippen LogP contribution in [0.4, 0.5) is 11.4 Å². The fourth-order valence-corrected chi connectivity index (χ4v) is 2.48. The fraction of sp³-hybridized carbons (Fsp3) is 0.235. The molecule has 0 aliphatic heterocycles. The highest BCUT2D eigenvalue weighted by Crippen LogP contribution is 2.39. The summed E-state index contributed by atoms with van der Waals surface area (Å²) in [6.07, 6.45) is 0. The number of azo groups is 2. The van der Waals surface area contributed by atoms with Gasteiger partial charge in [0.2, 0.25) is 0 Å². The van der Waals surface area contributed by atoms with Crippen LogP contribution in [0.1, 0.15) is 29.8 Å². The third-order valence-corrected chi connectivity index (χ3v) is 3.44. The summed E-state index contributed by atoms with van der Waals surface area (Å²) >= 11 is 0. The Balaban J connectivity index is 2.03. The lowest BCUT2D eigenvalue weighted by atomic mass is 10.1. The molecule has 0 saturated carbocycles. The molecule has 0 atom stereocenters. The minimum Gasteiger partial charge on any atom is -0.289 e. The van der Waals surface area contributed by atoms with Crippen molar-refractivity contribution in [3.05, 3.63) is 47.5 Å². The molecule has 0 radical (unpaired) electrons. The van der Waals surface area contributed by atoms with E-state index in [1.165, 1.54) is 0 Å². The van der Waals surface area contributed by atoms with Crippen molar-refractivity contribution >= 4 is 17.2 Å². The number of hydrogen-bond donors (Lipinski definition) is 0. The average molecular weight is 292 g/mol. The van der Waals surface area contributed by atoms with Crippen LogP contribution in [-0.4, -0.2) is 18.9 Å². The first-order valence-corrected chi connectivity index (χ1v) is 7.32. The first kappa shape index (κ1) is 14.3. The highest BCUT2D eigenvalue weighted by molar-refractivity contribution is 6.22. The molecule has 0 aromatic heterocycles. The fourth-order valence-electron chi connectivity index (χ4n) is 2.48. The molecule has 0 amide bonds. The number of fused-ring (bicyclic) bond motifs is 3. The van der Waals surface area contributed by atoms with Crippen LogP contribution in [0.5, 0.6) is 0 Å². The predicted molar refractivity (Wildman–Crippen MR) is 85.4 cm³/mol. The number of hydrogen-bond acceptors (Lipinski definition) is 5. The number of carbonyl (C=O) groups is 1. The van der Waals surface area contributed by atoms with Crippen molar-refractivity contribution < 1.29 is 4.79 Å². The molecule has 1 aliphatic rings. The summed E-state index contributed by atoms with van der Waals surface area (Å²) in [5.41, 5.74) is 4.63. The second-order valence-corrected chi connectivity index (χ2v) is 4.90. The Morgan fingerprint density at radius 2 is 1.18 bits per heavy atom. The van der Waals surface area contributed by atoms with Gasteiger partial charge in [-0.2, -0.15) is 20.5 Å². The van der Waals surface area contributed by atoms with Crippen molar-refractivity contribution in [3.63, 3.8) is 0 Å². The van der Waals surface area contributed by atoms with E-state index in [0.717, 1.165) is 11.1 Å². The van der Waals surface area contributed by atoms with Crippen LogP contribution in [0.3, 0.4) is 0 Å². The predicted octanol–water partition coefficient (Wildman–Crippen LogP) is 5.11. The first-order valence-electron chi connectivity index (χ1n) is 7.32. The molecular formula is C17H16N4O. The number of benzene rings is 2. The van der Waals surface area contributed by atoms with Crippen LogP contribution in [0.15, 0.2) is 56.9 Å². The summed E-state index contributed by atoms with van der Waals surface area (Å²) in [6.45, 7) is 5.09. The van der Waals surface area contributed by atoms with Gasteiger partial charge in [-0.25, -0.2) is 0 Å². The van der Waals surface area contributed by atoms with Crippen LogP contribution in [-0.2, 0) is 0 Å². The van der Waals surface area contributed by atoms with Gasteiger partial charge in [0.1, 0.15) is 0 Å². The Labute approximate surface area is 128 Å². The minimum atomic E-state index is 0.00657. The van der Waals surface area contributed by atoms with Crippen LogP contribution in [0, 0.1) is 0 Å². The number of ketones is 1. The molecule has 110 valence electrons. The van der Waals surface area contributed by atoms with E-state index in [1.54, 1.807) is 12.1 Å². The van der Waals surface area contributed by atoms with Crippen molar-refractivity contribution in [1.82, 2.24) is 0 Å². The molecule has 2 aromatic carbocycles. The van der Waals surface area contributed by atoms with E-state index >= 15 is 0 Å². The third kappa shape index (κ3) is 2.45. The quantitative estimate of drug-likeness (QED) is 0.616. The summed E-state index contributed by atoms with van der Waals surface area (Å²) in [5.74, 6) is 0.00657. The molecule has 5 heteroatoms. The maximum atomic E-state index is 12.6. The second-order valence-electron chi connectivity index (χ2n) is 4.90. The monoisotopic (exact) mass is 292 g/mol. The lowest BCUT2D eigenvalue weighted by Crippen LogP contribution is -1.94. The maximum absolute atomic E-state index is 12.6.